The maximum Gasteiger partial charge on any atom is 0.416 e. The van der Waals surface area contributed by atoms with E-state index in [9.17, 15) is 22.8 Å². The lowest BCUT2D eigenvalue weighted by atomic mass is 9.84. The van der Waals surface area contributed by atoms with Gasteiger partial charge in [-0.3, -0.25) is 4.90 Å². The first-order chi connectivity index (χ1) is 18.8. The van der Waals surface area contributed by atoms with Gasteiger partial charge >= 0.3 is 18.2 Å². The number of carbonyl (C=O) groups is 2. The van der Waals surface area contributed by atoms with Gasteiger partial charge in [0.15, 0.2) is 5.69 Å². The Morgan fingerprint density at radius 2 is 1.77 bits per heavy atom. The number of esters is 1. The second kappa shape index (κ2) is 10.4. The van der Waals surface area contributed by atoms with Gasteiger partial charge in [-0.15, -0.1) is 0 Å². The van der Waals surface area contributed by atoms with Crippen LogP contribution >= 0.6 is 0 Å². The van der Waals surface area contributed by atoms with Gasteiger partial charge in [-0.05, 0) is 88.9 Å². The van der Waals surface area contributed by atoms with Crippen molar-refractivity contribution in [1.82, 2.24) is 29.4 Å². The first-order valence-electron chi connectivity index (χ1n) is 13.4. The summed E-state index contributed by atoms with van der Waals surface area (Å²) in [5.41, 5.74) is -0.556. The van der Waals surface area contributed by atoms with Crippen LogP contribution in [0.4, 0.5) is 18.0 Å². The highest BCUT2D eigenvalue weighted by Gasteiger charge is 2.44. The van der Waals surface area contributed by atoms with Crippen molar-refractivity contribution in [2.45, 2.75) is 70.3 Å². The average molecular weight is 559 g/mol. The Morgan fingerprint density at radius 3 is 2.42 bits per heavy atom. The molecular weight excluding hydrogens is 525 g/mol. The molecule has 1 amide bonds. The number of likely N-dealkylation sites (tertiary alicyclic amines) is 2. The molecule has 9 nitrogen and oxygen atoms in total. The fourth-order valence-corrected chi connectivity index (χ4v) is 5.64. The Hall–Kier alpha value is -3.67. The molecule has 4 heterocycles. The Morgan fingerprint density at radius 1 is 1.02 bits per heavy atom. The molecule has 214 valence electrons. The largest absolute Gasteiger partial charge is 0.455 e. The summed E-state index contributed by atoms with van der Waals surface area (Å²) < 4.78 is 49.1. The minimum absolute atomic E-state index is 0.0642. The van der Waals surface area contributed by atoms with E-state index in [1.54, 1.807) is 44.0 Å². The van der Waals surface area contributed by atoms with E-state index in [-0.39, 0.29) is 17.3 Å². The number of amides is 1. The van der Waals surface area contributed by atoms with Gasteiger partial charge in [0, 0.05) is 43.8 Å². The average Bonchev–Trinajstić information content (AvgIpc) is 3.65. The molecule has 0 atom stereocenters. The Kier molecular flexibility index (Phi) is 7.24. The number of nitrogens with zero attached hydrogens (tertiary/aromatic N) is 6. The van der Waals surface area contributed by atoms with Gasteiger partial charge in [-0.2, -0.15) is 28.1 Å². The lowest BCUT2D eigenvalue weighted by Crippen LogP contribution is -2.53. The van der Waals surface area contributed by atoms with Crippen molar-refractivity contribution in [2.75, 3.05) is 19.6 Å². The van der Waals surface area contributed by atoms with Gasteiger partial charge in [0.05, 0.1) is 11.3 Å². The molecule has 3 aromatic rings. The van der Waals surface area contributed by atoms with Crippen LogP contribution in [0.15, 0.2) is 48.9 Å². The number of alkyl halides is 3. The molecule has 40 heavy (non-hydrogen) atoms. The van der Waals surface area contributed by atoms with Gasteiger partial charge in [-0.25, -0.2) is 14.3 Å². The normalized spacial score (nSPS) is 17.9. The van der Waals surface area contributed by atoms with Crippen molar-refractivity contribution < 1.29 is 27.5 Å². The summed E-state index contributed by atoms with van der Waals surface area (Å²) >= 11 is 0. The number of hydrogen-bond donors (Lipinski definition) is 0. The van der Waals surface area contributed by atoms with Crippen LogP contribution < -0.4 is 0 Å². The first-order valence-corrected chi connectivity index (χ1v) is 13.4. The summed E-state index contributed by atoms with van der Waals surface area (Å²) in [5.74, 6) is -0.594. The molecule has 0 bridgehead atoms. The lowest BCUT2D eigenvalue weighted by molar-refractivity contribution is -0.137. The van der Waals surface area contributed by atoms with Crippen LogP contribution in [-0.2, 0) is 17.5 Å². The fourth-order valence-electron chi connectivity index (χ4n) is 5.64. The molecule has 0 aliphatic carbocycles. The van der Waals surface area contributed by atoms with Gasteiger partial charge in [0.1, 0.15) is 5.60 Å². The zero-order valence-electron chi connectivity index (χ0n) is 22.8. The highest BCUT2D eigenvalue weighted by molar-refractivity contribution is 5.88. The number of ether oxygens (including phenoxy) is 1. The van der Waals surface area contributed by atoms with Crippen molar-refractivity contribution in [3.8, 4) is 5.69 Å². The van der Waals surface area contributed by atoms with Crippen LogP contribution in [0, 0.1) is 0 Å². The summed E-state index contributed by atoms with van der Waals surface area (Å²) in [6, 6.07) is 6.90. The van der Waals surface area contributed by atoms with Crippen molar-refractivity contribution in [2.24, 2.45) is 0 Å². The zero-order chi connectivity index (χ0) is 28.7. The fraction of sp³-hybridized carbons (Fsp3) is 0.500. The minimum Gasteiger partial charge on any atom is -0.455 e. The number of hydrogen-bond acceptors (Lipinski definition) is 6. The maximum atomic E-state index is 13.7. The molecule has 1 spiro atoms. The number of aromatic nitrogens is 4. The van der Waals surface area contributed by atoms with Gasteiger partial charge in [-0.1, -0.05) is 0 Å². The third-order valence-corrected chi connectivity index (χ3v) is 7.55. The molecule has 0 unspecified atom stereocenters. The predicted molar refractivity (Wildman–Crippen MR) is 140 cm³/mol. The molecule has 0 N–H and O–H groups in total. The second-order valence-corrected chi connectivity index (χ2v) is 11.5. The summed E-state index contributed by atoms with van der Waals surface area (Å²) in [4.78, 5) is 29.4. The number of benzene rings is 1. The quantitative estimate of drug-likeness (QED) is 0.412. The van der Waals surface area contributed by atoms with Gasteiger partial charge < -0.3 is 9.64 Å². The van der Waals surface area contributed by atoms with Crippen LogP contribution in [0.3, 0.4) is 0 Å². The van der Waals surface area contributed by atoms with E-state index >= 15 is 0 Å². The topological polar surface area (TPSA) is 85.5 Å². The van der Waals surface area contributed by atoms with Crippen molar-refractivity contribution in [3.05, 3.63) is 65.7 Å². The molecule has 2 aliphatic rings. The minimum atomic E-state index is -4.47. The summed E-state index contributed by atoms with van der Waals surface area (Å²) in [6.07, 6.45) is 3.40. The number of rotatable bonds is 4. The van der Waals surface area contributed by atoms with Gasteiger partial charge in [0.25, 0.3) is 0 Å². The van der Waals surface area contributed by atoms with Crippen LogP contribution in [0.1, 0.15) is 68.1 Å². The molecule has 0 saturated carbocycles. The molecule has 5 rings (SSSR count). The van der Waals surface area contributed by atoms with Gasteiger partial charge in [0.2, 0.25) is 0 Å². The Bertz CT molecular complexity index is 1370. The third-order valence-electron chi connectivity index (χ3n) is 7.55. The Balaban J connectivity index is 1.27. The van der Waals surface area contributed by atoms with Crippen LogP contribution in [0.5, 0.6) is 0 Å². The zero-order valence-corrected chi connectivity index (χ0v) is 22.8. The van der Waals surface area contributed by atoms with Crippen LogP contribution in [0.2, 0.25) is 0 Å². The highest BCUT2D eigenvalue weighted by Crippen LogP contribution is 2.40. The van der Waals surface area contributed by atoms with E-state index in [1.807, 2.05) is 0 Å². The molecular formula is C28H33F3N6O3. The highest BCUT2D eigenvalue weighted by atomic mass is 19.4. The smallest absolute Gasteiger partial charge is 0.416 e. The maximum absolute atomic E-state index is 13.7. The Labute approximate surface area is 230 Å². The summed E-state index contributed by atoms with van der Waals surface area (Å²) in [5, 5.41) is 8.24. The summed E-state index contributed by atoms with van der Waals surface area (Å²) in [6.45, 7) is 7.40. The standard InChI is InChI=1S/C28H33F3N6O3/c1-26(2,3)40-24(38)23-6-13-37(33-23)25(39)34-14-8-27(9-15-34)7-4-11-35(27)19-20-16-21(28(29,30)31)18-22(17-20)36-12-5-10-32-36/h5-6,10,12-13,16-18H,4,7-9,11,14-15,19H2,1-3H3. The molecule has 2 aliphatic heterocycles. The van der Waals surface area contributed by atoms with Crippen LogP contribution in [0.25, 0.3) is 5.69 Å². The first kappa shape index (κ1) is 27.9. The van der Waals surface area contributed by atoms with E-state index in [1.165, 1.54) is 29.2 Å². The van der Waals surface area contributed by atoms with E-state index in [0.29, 0.717) is 43.7 Å². The van der Waals surface area contributed by atoms with Crippen molar-refractivity contribution in [1.29, 1.82) is 0 Å². The van der Waals surface area contributed by atoms with E-state index in [0.717, 1.165) is 30.1 Å². The molecule has 2 saturated heterocycles. The SMILES string of the molecule is CC(C)(C)OC(=O)c1ccn(C(=O)N2CCC3(CCCN3Cc3cc(-n4cccn4)cc(C(F)(F)F)c3)CC2)n1. The van der Waals surface area contributed by atoms with E-state index in [4.69, 9.17) is 4.74 Å². The molecule has 2 fully saturated rings. The summed E-state index contributed by atoms with van der Waals surface area (Å²) in [7, 11) is 0. The third kappa shape index (κ3) is 5.91. The monoisotopic (exact) mass is 558 g/mol. The van der Waals surface area contributed by atoms with Crippen molar-refractivity contribution >= 4 is 12.0 Å². The molecule has 1 aromatic carbocycles. The van der Waals surface area contributed by atoms with Crippen molar-refractivity contribution in [3.63, 3.8) is 0 Å². The lowest BCUT2D eigenvalue weighted by Gasteiger charge is -2.45. The van der Waals surface area contributed by atoms with Crippen LogP contribution in [-0.4, -0.2) is 72.1 Å². The number of carbonyl (C=O) groups excluding carboxylic acids is 2. The molecule has 0 radical (unpaired) electrons. The van der Waals surface area contributed by atoms with E-state index < -0.39 is 23.3 Å². The predicted octanol–water partition coefficient (Wildman–Crippen LogP) is 5.14. The van der Waals surface area contributed by atoms with E-state index in [2.05, 4.69) is 15.1 Å². The molecule has 2 aromatic heterocycles. The second-order valence-electron chi connectivity index (χ2n) is 11.5. The number of halogens is 3. The molecule has 12 heteroatoms. The number of piperidine rings is 1.